The molecule has 0 aliphatic heterocycles. The van der Waals surface area contributed by atoms with Crippen LogP contribution in [0.25, 0.3) is 0 Å². The van der Waals surface area contributed by atoms with E-state index in [1.54, 1.807) is 0 Å². The number of rotatable bonds is 6. The maximum atomic E-state index is 12.3. The van der Waals surface area contributed by atoms with E-state index < -0.39 is 0 Å². The molecule has 6 nitrogen and oxygen atoms in total. The average molecular weight is 375 g/mol. The van der Waals surface area contributed by atoms with Crippen molar-refractivity contribution in [3.8, 4) is 5.75 Å². The molecule has 1 fully saturated rings. The van der Waals surface area contributed by atoms with Gasteiger partial charge in [0.15, 0.2) is 6.61 Å². The third-order valence-corrected chi connectivity index (χ3v) is 5.05. The van der Waals surface area contributed by atoms with Gasteiger partial charge in [0.1, 0.15) is 12.3 Å². The minimum atomic E-state index is -0.0840. The normalized spacial score (nSPS) is 19.9. The molecule has 2 atom stereocenters. The van der Waals surface area contributed by atoms with Crippen LogP contribution in [0.1, 0.15) is 44.1 Å². The monoisotopic (exact) mass is 375 g/mol. The van der Waals surface area contributed by atoms with Crippen LogP contribution in [0, 0.1) is 17.7 Å². The lowest BCUT2D eigenvalue weighted by atomic mass is 9.86. The number of nitrogens with one attached hydrogen (secondary N) is 1. The number of aromatic nitrogens is 2. The lowest BCUT2D eigenvalue weighted by Gasteiger charge is -2.29. The van der Waals surface area contributed by atoms with E-state index in [0.717, 1.165) is 24.2 Å². The van der Waals surface area contributed by atoms with Gasteiger partial charge in [0.25, 0.3) is 10.7 Å². The smallest absolute Gasteiger partial charge is 0.287 e. The summed E-state index contributed by atoms with van der Waals surface area (Å²) < 4.78 is 12.5. The Hall–Kier alpha value is -2.15. The Morgan fingerprint density at radius 2 is 2.23 bits per heavy atom. The zero-order chi connectivity index (χ0) is 18.5. The third kappa shape index (κ3) is 4.94. The van der Waals surface area contributed by atoms with Crippen molar-refractivity contribution in [2.24, 2.45) is 5.92 Å². The van der Waals surface area contributed by atoms with E-state index in [9.17, 15) is 4.79 Å². The molecule has 1 aromatic carbocycles. The van der Waals surface area contributed by atoms with Crippen molar-refractivity contribution in [2.75, 3.05) is 0 Å². The summed E-state index contributed by atoms with van der Waals surface area (Å²) in [6.07, 6.45) is 4.60. The van der Waals surface area contributed by atoms with Crippen molar-refractivity contribution in [3.63, 3.8) is 0 Å². The highest BCUT2D eigenvalue weighted by Gasteiger charge is 2.23. The SMILES string of the molecule is Cc1cccc(OCc2nn(CC(=O)N[C@@H]3CCCC[C@H]3C)c(=S)o2)c1. The van der Waals surface area contributed by atoms with Crippen LogP contribution in [-0.2, 0) is 17.9 Å². The molecular weight excluding hydrogens is 350 g/mol. The highest BCUT2D eigenvalue weighted by Crippen LogP contribution is 2.23. The molecule has 0 unspecified atom stereocenters. The summed E-state index contributed by atoms with van der Waals surface area (Å²) in [4.78, 5) is 12.5. The summed E-state index contributed by atoms with van der Waals surface area (Å²) in [5, 5.41) is 7.36. The Morgan fingerprint density at radius 1 is 1.42 bits per heavy atom. The molecule has 0 spiro atoms. The van der Waals surface area contributed by atoms with E-state index in [4.69, 9.17) is 21.4 Å². The molecule has 2 aromatic rings. The van der Waals surface area contributed by atoms with Gasteiger partial charge in [-0.3, -0.25) is 4.79 Å². The van der Waals surface area contributed by atoms with Crippen molar-refractivity contribution in [1.29, 1.82) is 0 Å². The van der Waals surface area contributed by atoms with E-state index in [1.807, 2.05) is 31.2 Å². The second kappa shape index (κ2) is 8.49. The number of carbonyl (C=O) groups excluding carboxylic acids is 1. The summed E-state index contributed by atoms with van der Waals surface area (Å²) in [6.45, 7) is 4.42. The maximum Gasteiger partial charge on any atom is 0.287 e. The second-order valence-electron chi connectivity index (χ2n) is 6.96. The minimum Gasteiger partial charge on any atom is -0.484 e. The van der Waals surface area contributed by atoms with Crippen molar-refractivity contribution in [3.05, 3.63) is 40.6 Å². The van der Waals surface area contributed by atoms with Crippen molar-refractivity contribution >= 4 is 18.1 Å². The summed E-state index contributed by atoms with van der Waals surface area (Å²) in [7, 11) is 0. The molecule has 26 heavy (non-hydrogen) atoms. The first-order chi connectivity index (χ1) is 12.5. The van der Waals surface area contributed by atoms with Gasteiger partial charge in [-0.1, -0.05) is 31.9 Å². The van der Waals surface area contributed by atoms with E-state index in [1.165, 1.54) is 17.5 Å². The zero-order valence-corrected chi connectivity index (χ0v) is 16.1. The molecule has 1 aromatic heterocycles. The van der Waals surface area contributed by atoms with Gasteiger partial charge in [-0.15, -0.1) is 5.10 Å². The van der Waals surface area contributed by atoms with E-state index in [0.29, 0.717) is 11.8 Å². The van der Waals surface area contributed by atoms with Gasteiger partial charge in [-0.05, 0) is 55.6 Å². The van der Waals surface area contributed by atoms with Gasteiger partial charge in [-0.25, -0.2) is 4.68 Å². The molecule has 1 amide bonds. The van der Waals surface area contributed by atoms with Gasteiger partial charge in [0, 0.05) is 6.04 Å². The van der Waals surface area contributed by atoms with Crippen LogP contribution in [0.4, 0.5) is 0 Å². The number of ether oxygens (including phenoxy) is 1. The summed E-state index contributed by atoms with van der Waals surface area (Å²) in [5.74, 6) is 1.52. The Bertz CT molecular complexity index is 814. The number of nitrogens with zero attached hydrogens (tertiary/aromatic N) is 2. The number of aryl methyl sites for hydroxylation is 1. The minimum absolute atomic E-state index is 0.0655. The Kier molecular flexibility index (Phi) is 6.08. The lowest BCUT2D eigenvalue weighted by Crippen LogP contribution is -2.42. The topological polar surface area (TPSA) is 69.3 Å². The fraction of sp³-hybridized carbons (Fsp3) is 0.526. The molecule has 1 N–H and O–H groups in total. The standard InChI is InChI=1S/C19H25N3O3S/c1-13-6-5-8-15(10-13)24-12-18-21-22(19(26)25-18)11-17(23)20-16-9-4-3-7-14(16)2/h5-6,8,10,14,16H,3-4,7,9,11-12H2,1-2H3,(H,20,23)/t14-,16-/m1/s1. The predicted octanol–water partition coefficient (Wildman–Crippen LogP) is 3.79. The fourth-order valence-corrected chi connectivity index (χ4v) is 3.48. The van der Waals surface area contributed by atoms with Crippen LogP contribution < -0.4 is 10.1 Å². The largest absolute Gasteiger partial charge is 0.484 e. The second-order valence-corrected chi connectivity index (χ2v) is 7.31. The highest BCUT2D eigenvalue weighted by atomic mass is 32.1. The number of carbonyl (C=O) groups is 1. The molecule has 1 aliphatic carbocycles. The first kappa shape index (κ1) is 18.6. The van der Waals surface area contributed by atoms with Gasteiger partial charge in [0.2, 0.25) is 5.91 Å². The van der Waals surface area contributed by atoms with Crippen LogP contribution in [0.5, 0.6) is 5.75 Å². The predicted molar refractivity (Wildman–Crippen MR) is 100 cm³/mol. The number of hydrogen-bond donors (Lipinski definition) is 1. The first-order valence-corrected chi connectivity index (χ1v) is 9.48. The van der Waals surface area contributed by atoms with Gasteiger partial charge in [0.05, 0.1) is 0 Å². The number of benzene rings is 1. The quantitative estimate of drug-likeness (QED) is 0.778. The number of hydrogen-bond acceptors (Lipinski definition) is 5. The molecule has 140 valence electrons. The van der Waals surface area contributed by atoms with Crippen molar-refractivity contribution in [1.82, 2.24) is 15.1 Å². The van der Waals surface area contributed by atoms with Crippen molar-refractivity contribution < 1.29 is 13.9 Å². The van der Waals surface area contributed by atoms with Gasteiger partial charge >= 0.3 is 0 Å². The summed E-state index contributed by atoms with van der Waals surface area (Å²) in [5.41, 5.74) is 1.11. The summed E-state index contributed by atoms with van der Waals surface area (Å²) >= 11 is 5.17. The van der Waals surface area contributed by atoms with Crippen LogP contribution >= 0.6 is 12.2 Å². The third-order valence-electron chi connectivity index (χ3n) is 4.75. The molecule has 3 rings (SSSR count). The molecule has 0 radical (unpaired) electrons. The fourth-order valence-electron chi connectivity index (χ4n) is 3.28. The van der Waals surface area contributed by atoms with E-state index >= 15 is 0 Å². The van der Waals surface area contributed by atoms with E-state index in [2.05, 4.69) is 17.3 Å². The van der Waals surface area contributed by atoms with E-state index in [-0.39, 0.29) is 29.9 Å². The molecule has 1 saturated carbocycles. The molecule has 0 bridgehead atoms. The Morgan fingerprint density at radius 3 is 3.00 bits per heavy atom. The lowest BCUT2D eigenvalue weighted by molar-refractivity contribution is -0.123. The average Bonchev–Trinajstić information content (AvgIpc) is 2.95. The van der Waals surface area contributed by atoms with Gasteiger partial charge in [-0.2, -0.15) is 0 Å². The van der Waals surface area contributed by atoms with Crippen LogP contribution in [0.2, 0.25) is 0 Å². The van der Waals surface area contributed by atoms with Crippen LogP contribution in [0.15, 0.2) is 28.7 Å². The molecular formula is C19H25N3O3S. The molecule has 0 saturated heterocycles. The van der Waals surface area contributed by atoms with Gasteiger partial charge < -0.3 is 14.5 Å². The Labute approximate surface area is 158 Å². The zero-order valence-electron chi connectivity index (χ0n) is 15.2. The molecule has 7 heteroatoms. The van der Waals surface area contributed by atoms with Crippen molar-refractivity contribution in [2.45, 2.75) is 58.7 Å². The first-order valence-electron chi connectivity index (χ1n) is 9.07. The van der Waals surface area contributed by atoms with Crippen LogP contribution in [0.3, 0.4) is 0 Å². The highest BCUT2D eigenvalue weighted by molar-refractivity contribution is 7.71. The van der Waals surface area contributed by atoms with Crippen LogP contribution in [-0.4, -0.2) is 21.7 Å². The maximum absolute atomic E-state index is 12.3. The molecule has 1 heterocycles. The molecule has 1 aliphatic rings. The number of amides is 1. The Balaban J connectivity index is 1.55. The summed E-state index contributed by atoms with van der Waals surface area (Å²) in [6, 6.07) is 7.97.